The summed E-state index contributed by atoms with van der Waals surface area (Å²) in [4.78, 5) is 11.0. The summed E-state index contributed by atoms with van der Waals surface area (Å²) in [6.07, 6.45) is 0. The van der Waals surface area contributed by atoms with E-state index in [2.05, 4.69) is 30.9 Å². The number of nitrogens with one attached hydrogen (secondary N) is 3. The number of aromatic nitrogens is 3. The van der Waals surface area contributed by atoms with Crippen molar-refractivity contribution in [2.45, 2.75) is 9.79 Å². The Hall–Kier alpha value is -2.47. The van der Waals surface area contributed by atoms with Crippen molar-refractivity contribution < 1.29 is 25.9 Å². The second kappa shape index (κ2) is 9.35. The molecule has 172 valence electrons. The van der Waals surface area contributed by atoms with Gasteiger partial charge in [-0.05, 0) is 25.2 Å². The van der Waals surface area contributed by atoms with E-state index in [4.69, 9.17) is 5.73 Å². The Morgan fingerprint density at radius 2 is 1.74 bits per heavy atom. The molecule has 0 aliphatic rings. The first-order chi connectivity index (χ1) is 14.2. The summed E-state index contributed by atoms with van der Waals surface area (Å²) in [5.41, 5.74) is 5.39. The van der Waals surface area contributed by atoms with Crippen LogP contribution in [0.15, 0.2) is 28.0 Å². The van der Waals surface area contributed by atoms with E-state index < -0.39 is 30.0 Å². The molecule has 0 saturated heterocycles. The minimum atomic E-state index is -4.74. The minimum Gasteiger partial charge on any atom is -0.367 e. The van der Waals surface area contributed by atoms with E-state index in [1.165, 1.54) is 0 Å². The van der Waals surface area contributed by atoms with E-state index >= 15 is 0 Å². The molecule has 1 aromatic heterocycles. The highest BCUT2D eigenvalue weighted by molar-refractivity contribution is 7.86. The molecule has 0 aliphatic heterocycles. The van der Waals surface area contributed by atoms with Crippen LogP contribution in [0.2, 0.25) is 0 Å². The van der Waals surface area contributed by atoms with Crippen molar-refractivity contribution in [2.24, 2.45) is 0 Å². The highest BCUT2D eigenvalue weighted by atomic mass is 32.2. The number of rotatable bonds is 10. The molecule has 0 fully saturated rings. The molecule has 0 radical (unpaired) electrons. The van der Waals surface area contributed by atoms with Gasteiger partial charge in [-0.3, -0.25) is 18.9 Å². The van der Waals surface area contributed by atoms with Gasteiger partial charge in [-0.25, -0.2) is 0 Å². The summed E-state index contributed by atoms with van der Waals surface area (Å²) < 4.78 is 65.1. The zero-order valence-corrected chi connectivity index (χ0v) is 18.7. The van der Waals surface area contributed by atoms with E-state index in [0.29, 0.717) is 19.8 Å². The number of anilines is 3. The molecule has 0 bridgehead atoms. The maximum Gasteiger partial charge on any atom is 0.335 e. The van der Waals surface area contributed by atoms with Crippen LogP contribution >= 0.6 is 0 Å². The smallest absolute Gasteiger partial charge is 0.335 e. The van der Waals surface area contributed by atoms with Gasteiger partial charge in [0.1, 0.15) is 4.90 Å². The number of benzene rings is 1. The molecule has 1 aromatic carbocycles. The Labute approximate surface area is 180 Å². The third kappa shape index (κ3) is 6.76. The van der Waals surface area contributed by atoms with E-state index in [1.807, 2.05) is 14.1 Å². The standard InChI is InChI=1S/C15H24N8O6S2/c1-17-9-18-6-7-23(2,3)15-21-13(16)20-14(22-15)19-11-8-10(30(24,25)26)4-5-12(11)31(27,28)29/h4-5,8,17-18H,6-7,9H2,1-3H3,(H4-,16,19,20,21,22,24,25,26,27,28,29)/p+1. The molecule has 16 heteroatoms. The first-order valence-electron chi connectivity index (χ1n) is 8.80. The fraction of sp³-hybridized carbons (Fsp3) is 0.400. The monoisotopic (exact) mass is 477 g/mol. The summed E-state index contributed by atoms with van der Waals surface area (Å²) in [5.74, 6) is -0.101. The molecule has 31 heavy (non-hydrogen) atoms. The van der Waals surface area contributed by atoms with E-state index in [-0.39, 0.29) is 28.0 Å². The SMILES string of the molecule is CNCNCC[N+](C)(C)c1nc(N)nc(Nc2cc(S(=O)(=O)O)ccc2S(=O)(=O)O)n1. The number of hydrogen-bond donors (Lipinski definition) is 6. The average Bonchev–Trinajstić information content (AvgIpc) is 2.63. The number of nitrogens with two attached hydrogens (primary N) is 1. The average molecular weight is 478 g/mol. The van der Waals surface area contributed by atoms with Gasteiger partial charge in [0, 0.05) is 13.2 Å². The molecule has 1 heterocycles. The Bertz CT molecular complexity index is 1150. The second-order valence-electron chi connectivity index (χ2n) is 6.99. The van der Waals surface area contributed by atoms with Crippen LogP contribution in [0.4, 0.5) is 23.5 Å². The summed E-state index contributed by atoms with van der Waals surface area (Å²) in [7, 11) is -3.94. The van der Waals surface area contributed by atoms with Crippen LogP contribution in [-0.4, -0.2) is 81.8 Å². The van der Waals surface area contributed by atoms with Gasteiger partial charge in [-0.2, -0.15) is 21.8 Å². The van der Waals surface area contributed by atoms with Crippen LogP contribution in [0.25, 0.3) is 0 Å². The molecule has 0 saturated carbocycles. The number of nitrogen functional groups attached to an aromatic ring is 1. The molecule has 0 spiro atoms. The van der Waals surface area contributed by atoms with Crippen LogP contribution in [0.1, 0.15) is 0 Å². The first-order valence-corrected chi connectivity index (χ1v) is 11.7. The van der Waals surface area contributed by atoms with Gasteiger partial charge in [-0.1, -0.05) is 0 Å². The second-order valence-corrected chi connectivity index (χ2v) is 9.80. The van der Waals surface area contributed by atoms with Gasteiger partial charge in [0.15, 0.2) is 0 Å². The molecular formula is C15H25N8O6S2+. The van der Waals surface area contributed by atoms with Crippen molar-refractivity contribution in [1.82, 2.24) is 30.1 Å². The Balaban J connectivity index is 2.45. The molecular weight excluding hydrogens is 452 g/mol. The largest absolute Gasteiger partial charge is 0.367 e. The maximum atomic E-state index is 11.7. The lowest BCUT2D eigenvalue weighted by molar-refractivity contribution is 0.370. The third-order valence-corrected chi connectivity index (χ3v) is 5.87. The quantitative estimate of drug-likeness (QED) is 0.105. The van der Waals surface area contributed by atoms with Crippen molar-refractivity contribution in [3.05, 3.63) is 18.2 Å². The van der Waals surface area contributed by atoms with E-state index in [0.717, 1.165) is 18.2 Å². The normalized spacial score (nSPS) is 12.7. The molecule has 0 atom stereocenters. The van der Waals surface area contributed by atoms with Gasteiger partial charge in [0.2, 0.25) is 11.9 Å². The molecule has 2 aromatic rings. The predicted molar refractivity (Wildman–Crippen MR) is 114 cm³/mol. The Kier molecular flexibility index (Phi) is 7.48. The number of hydrogen-bond acceptors (Lipinski definition) is 11. The molecule has 7 N–H and O–H groups in total. The van der Waals surface area contributed by atoms with Gasteiger partial charge in [-0.15, -0.1) is 9.97 Å². The van der Waals surface area contributed by atoms with Crippen LogP contribution < -0.4 is 26.2 Å². The van der Waals surface area contributed by atoms with Gasteiger partial charge < -0.3 is 16.4 Å². The fourth-order valence-electron chi connectivity index (χ4n) is 2.49. The van der Waals surface area contributed by atoms with Gasteiger partial charge in [0.25, 0.3) is 20.2 Å². The number of likely N-dealkylation sites (N-methyl/N-ethyl adjacent to an activating group) is 1. The predicted octanol–water partition coefficient (Wildman–Crippen LogP) is -0.976. The molecule has 2 rings (SSSR count). The number of nitrogens with zero attached hydrogens (tertiary/aromatic N) is 4. The third-order valence-electron chi connectivity index (χ3n) is 4.10. The fourth-order valence-corrected chi connectivity index (χ4v) is 3.63. The highest BCUT2D eigenvalue weighted by Crippen LogP contribution is 2.28. The minimum absolute atomic E-state index is 0.166. The van der Waals surface area contributed by atoms with Gasteiger partial charge >= 0.3 is 5.95 Å². The van der Waals surface area contributed by atoms with Crippen molar-refractivity contribution in [3.63, 3.8) is 0 Å². The van der Waals surface area contributed by atoms with Crippen molar-refractivity contribution in [1.29, 1.82) is 0 Å². The van der Waals surface area contributed by atoms with Crippen LogP contribution in [0, 0.1) is 0 Å². The first kappa shape index (κ1) is 24.8. The topological polar surface area (TPSA) is 210 Å². The van der Waals surface area contributed by atoms with Crippen molar-refractivity contribution in [2.75, 3.05) is 52.0 Å². The Morgan fingerprint density at radius 3 is 2.32 bits per heavy atom. The van der Waals surface area contributed by atoms with Crippen molar-refractivity contribution >= 4 is 43.8 Å². The lowest BCUT2D eigenvalue weighted by Gasteiger charge is -2.26. The lowest BCUT2D eigenvalue weighted by atomic mass is 10.3. The lowest BCUT2D eigenvalue weighted by Crippen LogP contribution is -2.47. The summed E-state index contributed by atoms with van der Waals surface area (Å²) in [6, 6.07) is 2.47. The summed E-state index contributed by atoms with van der Waals surface area (Å²) in [6.45, 7) is 1.79. The van der Waals surface area contributed by atoms with E-state index in [9.17, 15) is 25.9 Å². The highest BCUT2D eigenvalue weighted by Gasteiger charge is 2.25. The van der Waals surface area contributed by atoms with Gasteiger partial charge in [0.05, 0.1) is 31.2 Å². The molecule has 14 nitrogen and oxygen atoms in total. The maximum absolute atomic E-state index is 11.7. The van der Waals surface area contributed by atoms with E-state index in [1.54, 1.807) is 7.05 Å². The summed E-state index contributed by atoms with van der Waals surface area (Å²) in [5, 5.41) is 8.64. The Morgan fingerprint density at radius 1 is 1.06 bits per heavy atom. The zero-order valence-electron chi connectivity index (χ0n) is 17.1. The molecule has 0 unspecified atom stereocenters. The molecule has 0 amide bonds. The van der Waals surface area contributed by atoms with Crippen LogP contribution in [-0.2, 0) is 20.2 Å². The molecule has 0 aliphatic carbocycles. The zero-order chi connectivity index (χ0) is 23.4. The van der Waals surface area contributed by atoms with Crippen LogP contribution in [0.5, 0.6) is 0 Å². The van der Waals surface area contributed by atoms with Crippen molar-refractivity contribution in [3.8, 4) is 0 Å². The number of quaternary nitrogens is 1. The van der Waals surface area contributed by atoms with Crippen LogP contribution in [0.3, 0.4) is 0 Å². The summed E-state index contributed by atoms with van der Waals surface area (Å²) >= 11 is 0.